The Kier molecular flexibility index (Phi) is 4.84. The highest BCUT2D eigenvalue weighted by Gasteiger charge is 2.21. The van der Waals surface area contributed by atoms with Gasteiger partial charge in [-0.2, -0.15) is 0 Å². The monoisotopic (exact) mass is 357 g/mol. The number of halogens is 2. The fraction of sp³-hybridized carbons (Fsp3) is 0.350. The number of nitrogens with zero attached hydrogens (tertiary/aromatic N) is 3. The van der Waals surface area contributed by atoms with Gasteiger partial charge in [0, 0.05) is 31.0 Å². The van der Waals surface area contributed by atoms with Crippen LogP contribution in [0.3, 0.4) is 0 Å². The highest BCUT2D eigenvalue weighted by molar-refractivity contribution is 5.57. The van der Waals surface area contributed by atoms with Crippen molar-refractivity contribution in [2.24, 2.45) is 5.92 Å². The normalized spacial score (nSPS) is 18.3. The summed E-state index contributed by atoms with van der Waals surface area (Å²) in [6.45, 7) is 3.76. The minimum Gasteiger partial charge on any atom is -0.460 e. The van der Waals surface area contributed by atoms with Crippen LogP contribution in [0, 0.1) is 17.6 Å². The van der Waals surface area contributed by atoms with Crippen LogP contribution in [0.5, 0.6) is 0 Å². The van der Waals surface area contributed by atoms with Crippen LogP contribution in [0.4, 0.5) is 8.78 Å². The lowest BCUT2D eigenvalue weighted by molar-refractivity contribution is 0.147. The number of hydrogen-bond donors (Lipinski definition) is 0. The second-order valence-electron chi connectivity index (χ2n) is 6.90. The fourth-order valence-corrected chi connectivity index (χ4v) is 3.62. The lowest BCUT2D eigenvalue weighted by Gasteiger charge is -2.32. The van der Waals surface area contributed by atoms with Gasteiger partial charge in [0.05, 0.1) is 12.9 Å². The van der Waals surface area contributed by atoms with Crippen molar-refractivity contribution in [1.29, 1.82) is 0 Å². The van der Waals surface area contributed by atoms with Crippen molar-refractivity contribution in [2.45, 2.75) is 25.9 Å². The standard InChI is InChI=1S/C20H21F2N3O/c21-18-5-3-16(10-19(18)22)20-6-4-17(26-20)13-24-8-1-2-15(11-24)12-25-9-7-23-14-25/h3-7,9-10,14-15H,1-2,8,11-13H2. The highest BCUT2D eigenvalue weighted by atomic mass is 19.2. The van der Waals surface area contributed by atoms with E-state index < -0.39 is 11.6 Å². The number of piperidine rings is 1. The molecule has 0 saturated carbocycles. The molecule has 0 spiro atoms. The van der Waals surface area contributed by atoms with Crippen LogP contribution in [-0.2, 0) is 13.1 Å². The van der Waals surface area contributed by atoms with E-state index >= 15 is 0 Å². The van der Waals surface area contributed by atoms with E-state index in [2.05, 4.69) is 14.5 Å². The van der Waals surface area contributed by atoms with Gasteiger partial charge in [0.15, 0.2) is 11.6 Å². The van der Waals surface area contributed by atoms with Crippen LogP contribution in [0.1, 0.15) is 18.6 Å². The summed E-state index contributed by atoms with van der Waals surface area (Å²) < 4.78 is 34.5. The molecule has 26 heavy (non-hydrogen) atoms. The fourth-order valence-electron chi connectivity index (χ4n) is 3.62. The Morgan fingerprint density at radius 3 is 2.88 bits per heavy atom. The zero-order chi connectivity index (χ0) is 17.9. The van der Waals surface area contributed by atoms with Crippen LogP contribution < -0.4 is 0 Å². The number of rotatable bonds is 5. The van der Waals surface area contributed by atoms with Crippen molar-refractivity contribution in [1.82, 2.24) is 14.5 Å². The minimum absolute atomic E-state index is 0.548. The summed E-state index contributed by atoms with van der Waals surface area (Å²) in [6, 6.07) is 7.55. The molecule has 1 aliphatic rings. The predicted molar refractivity (Wildman–Crippen MR) is 94.3 cm³/mol. The van der Waals surface area contributed by atoms with Gasteiger partial charge >= 0.3 is 0 Å². The molecule has 4 rings (SSSR count). The quantitative estimate of drug-likeness (QED) is 0.681. The number of imidazole rings is 1. The summed E-state index contributed by atoms with van der Waals surface area (Å²) >= 11 is 0. The molecular weight excluding hydrogens is 336 g/mol. The van der Waals surface area contributed by atoms with E-state index in [-0.39, 0.29) is 0 Å². The summed E-state index contributed by atoms with van der Waals surface area (Å²) in [5.41, 5.74) is 0.548. The lowest BCUT2D eigenvalue weighted by atomic mass is 9.98. The van der Waals surface area contributed by atoms with Crippen molar-refractivity contribution in [3.8, 4) is 11.3 Å². The average Bonchev–Trinajstić information content (AvgIpc) is 3.30. The SMILES string of the molecule is Fc1ccc(-c2ccc(CN3CCCC(Cn4ccnc4)C3)o2)cc1F. The Hall–Kier alpha value is -2.47. The second-order valence-corrected chi connectivity index (χ2v) is 6.90. The van der Waals surface area contributed by atoms with Gasteiger partial charge in [0.2, 0.25) is 0 Å². The number of benzene rings is 1. The smallest absolute Gasteiger partial charge is 0.159 e. The first-order chi connectivity index (χ1) is 12.7. The zero-order valence-corrected chi connectivity index (χ0v) is 14.4. The van der Waals surface area contributed by atoms with Crippen LogP contribution >= 0.6 is 0 Å². The summed E-state index contributed by atoms with van der Waals surface area (Å²) in [6.07, 6.45) is 8.05. The molecule has 2 aromatic heterocycles. The average molecular weight is 357 g/mol. The van der Waals surface area contributed by atoms with Crippen LogP contribution in [0.15, 0.2) is 53.5 Å². The molecule has 136 valence electrons. The van der Waals surface area contributed by atoms with E-state index in [1.165, 1.54) is 18.6 Å². The van der Waals surface area contributed by atoms with E-state index in [0.29, 0.717) is 17.2 Å². The van der Waals surface area contributed by atoms with Crippen molar-refractivity contribution < 1.29 is 13.2 Å². The maximum absolute atomic E-state index is 13.4. The van der Waals surface area contributed by atoms with Crippen LogP contribution in [0.2, 0.25) is 0 Å². The van der Waals surface area contributed by atoms with Gasteiger partial charge in [-0.25, -0.2) is 13.8 Å². The lowest BCUT2D eigenvalue weighted by Crippen LogP contribution is -2.36. The molecule has 1 unspecified atom stereocenters. The van der Waals surface area contributed by atoms with E-state index in [4.69, 9.17) is 4.42 Å². The van der Waals surface area contributed by atoms with Gasteiger partial charge in [-0.3, -0.25) is 4.90 Å². The molecule has 0 radical (unpaired) electrons. The molecule has 4 nitrogen and oxygen atoms in total. The van der Waals surface area contributed by atoms with Gasteiger partial charge in [-0.05, 0) is 55.6 Å². The summed E-state index contributed by atoms with van der Waals surface area (Å²) in [5, 5.41) is 0. The first-order valence-electron chi connectivity index (χ1n) is 8.89. The van der Waals surface area contributed by atoms with Crippen LogP contribution in [-0.4, -0.2) is 27.5 Å². The van der Waals surface area contributed by atoms with Gasteiger partial charge in [-0.15, -0.1) is 0 Å². The topological polar surface area (TPSA) is 34.2 Å². The van der Waals surface area contributed by atoms with Crippen LogP contribution in [0.25, 0.3) is 11.3 Å². The highest BCUT2D eigenvalue weighted by Crippen LogP contribution is 2.26. The number of likely N-dealkylation sites (tertiary alicyclic amines) is 1. The Morgan fingerprint density at radius 1 is 1.15 bits per heavy atom. The molecule has 0 bridgehead atoms. The van der Waals surface area contributed by atoms with Gasteiger partial charge in [-0.1, -0.05) is 0 Å². The Balaban J connectivity index is 1.39. The second kappa shape index (κ2) is 7.41. The molecule has 1 fully saturated rings. The van der Waals surface area contributed by atoms with Gasteiger partial charge < -0.3 is 8.98 Å². The Bertz CT molecular complexity index is 860. The first-order valence-corrected chi connectivity index (χ1v) is 8.89. The number of furan rings is 1. The molecule has 6 heteroatoms. The largest absolute Gasteiger partial charge is 0.460 e. The van der Waals surface area contributed by atoms with E-state index in [0.717, 1.165) is 44.4 Å². The summed E-state index contributed by atoms with van der Waals surface area (Å²) in [5.74, 6) is 0.286. The maximum Gasteiger partial charge on any atom is 0.159 e. The molecule has 3 heterocycles. The molecule has 1 aliphatic heterocycles. The van der Waals surface area contributed by atoms with Crippen molar-refractivity contribution in [2.75, 3.05) is 13.1 Å². The predicted octanol–water partition coefficient (Wildman–Crippen LogP) is 4.33. The first kappa shape index (κ1) is 17.0. The third-order valence-electron chi connectivity index (χ3n) is 4.88. The van der Waals surface area contributed by atoms with Gasteiger partial charge in [0.1, 0.15) is 11.5 Å². The molecule has 1 aromatic carbocycles. The molecule has 0 N–H and O–H groups in total. The zero-order valence-electron chi connectivity index (χ0n) is 14.4. The molecule has 0 aliphatic carbocycles. The number of hydrogen-bond acceptors (Lipinski definition) is 3. The Labute approximate surface area is 151 Å². The third kappa shape index (κ3) is 3.85. The van der Waals surface area contributed by atoms with E-state index in [1.54, 1.807) is 0 Å². The summed E-state index contributed by atoms with van der Waals surface area (Å²) in [4.78, 5) is 6.49. The molecule has 1 saturated heterocycles. The minimum atomic E-state index is -0.862. The van der Waals surface area contributed by atoms with Crippen molar-refractivity contribution >= 4 is 0 Å². The molecule has 3 aromatic rings. The summed E-state index contributed by atoms with van der Waals surface area (Å²) in [7, 11) is 0. The third-order valence-corrected chi connectivity index (χ3v) is 4.88. The van der Waals surface area contributed by atoms with Crippen molar-refractivity contribution in [3.05, 3.63) is 66.4 Å². The number of aromatic nitrogens is 2. The van der Waals surface area contributed by atoms with E-state index in [9.17, 15) is 8.78 Å². The molecule has 1 atom stereocenters. The molecular formula is C20H21F2N3O. The maximum atomic E-state index is 13.4. The molecule has 0 amide bonds. The van der Waals surface area contributed by atoms with E-state index in [1.807, 2.05) is 30.9 Å². The Morgan fingerprint density at radius 2 is 2.08 bits per heavy atom. The van der Waals surface area contributed by atoms with Gasteiger partial charge in [0.25, 0.3) is 0 Å². The van der Waals surface area contributed by atoms with Crippen molar-refractivity contribution in [3.63, 3.8) is 0 Å².